The summed E-state index contributed by atoms with van der Waals surface area (Å²) in [5, 5.41) is 11.9. The largest absolute Gasteiger partial charge is 0.477 e. The topological polar surface area (TPSA) is 118 Å². The number of carboxylic acids is 1. The number of hydrogen-bond donors (Lipinski definition) is 3. The Morgan fingerprint density at radius 1 is 1.44 bits per heavy atom. The average Bonchev–Trinajstić information content (AvgIpc) is 2.27. The molecule has 0 aliphatic rings. The van der Waals surface area contributed by atoms with Crippen molar-refractivity contribution in [2.45, 2.75) is 26.2 Å². The number of aryl methyl sites for hydroxylation is 1. The number of carboxylic acid groups (broad SMARTS) is 1. The van der Waals surface area contributed by atoms with Crippen molar-refractivity contribution in [2.24, 2.45) is 5.73 Å². The van der Waals surface area contributed by atoms with Crippen LogP contribution in [0.1, 0.15) is 35.4 Å². The van der Waals surface area contributed by atoms with Crippen LogP contribution in [-0.4, -0.2) is 33.5 Å². The normalized spacial score (nSPS) is 10.1. The fourth-order valence-corrected chi connectivity index (χ4v) is 1.39. The van der Waals surface area contributed by atoms with E-state index in [-0.39, 0.29) is 11.5 Å². The highest BCUT2D eigenvalue weighted by molar-refractivity contribution is 5.92. The van der Waals surface area contributed by atoms with Gasteiger partial charge >= 0.3 is 5.97 Å². The Morgan fingerprint density at radius 2 is 2.17 bits per heavy atom. The van der Waals surface area contributed by atoms with Gasteiger partial charge in [0.05, 0.1) is 0 Å². The molecule has 0 radical (unpaired) electrons. The van der Waals surface area contributed by atoms with Gasteiger partial charge in [0.25, 0.3) is 0 Å². The van der Waals surface area contributed by atoms with Crippen LogP contribution in [0.15, 0.2) is 6.20 Å². The zero-order chi connectivity index (χ0) is 13.5. The van der Waals surface area contributed by atoms with Crippen molar-refractivity contribution in [3.05, 3.63) is 17.6 Å². The molecule has 1 aromatic heterocycles. The molecular formula is C11H16N4O3. The maximum Gasteiger partial charge on any atom is 0.341 e. The first-order valence-electron chi connectivity index (χ1n) is 5.60. The number of nitrogens with zero attached hydrogens (tertiary/aromatic N) is 2. The zero-order valence-electron chi connectivity index (χ0n) is 10.1. The highest BCUT2D eigenvalue weighted by Gasteiger charge is 2.11. The standard InChI is InChI=1S/C11H16N4O3/c1-7-14-6-8(11(17)18)10(15-7)13-5-3-2-4-9(12)16/h6H,2-5H2,1H3,(H2,12,16)(H,17,18)(H,13,14,15). The van der Waals surface area contributed by atoms with Gasteiger partial charge in [-0.3, -0.25) is 4.79 Å². The molecule has 0 aromatic carbocycles. The Kier molecular flexibility index (Phi) is 5.04. The van der Waals surface area contributed by atoms with Crippen molar-refractivity contribution in [2.75, 3.05) is 11.9 Å². The number of anilines is 1. The summed E-state index contributed by atoms with van der Waals surface area (Å²) in [4.78, 5) is 29.3. The van der Waals surface area contributed by atoms with Crippen molar-refractivity contribution in [1.29, 1.82) is 0 Å². The first-order chi connectivity index (χ1) is 8.50. The average molecular weight is 252 g/mol. The van der Waals surface area contributed by atoms with E-state index >= 15 is 0 Å². The van der Waals surface area contributed by atoms with E-state index in [4.69, 9.17) is 10.8 Å². The molecule has 0 saturated carbocycles. The van der Waals surface area contributed by atoms with Crippen LogP contribution in [-0.2, 0) is 4.79 Å². The second-order valence-electron chi connectivity index (χ2n) is 3.83. The molecule has 1 rings (SSSR count). The Labute approximate surface area is 104 Å². The minimum Gasteiger partial charge on any atom is -0.477 e. The number of unbranched alkanes of at least 4 members (excludes halogenated alkanes) is 1. The molecule has 98 valence electrons. The molecule has 1 heterocycles. The highest BCUT2D eigenvalue weighted by atomic mass is 16.4. The summed E-state index contributed by atoms with van der Waals surface area (Å²) in [6, 6.07) is 0. The molecule has 0 atom stereocenters. The van der Waals surface area contributed by atoms with E-state index in [0.717, 1.165) is 0 Å². The number of carbonyl (C=O) groups excluding carboxylic acids is 1. The lowest BCUT2D eigenvalue weighted by Crippen LogP contribution is -2.13. The van der Waals surface area contributed by atoms with Gasteiger partial charge in [0, 0.05) is 19.2 Å². The maximum atomic E-state index is 10.9. The minimum atomic E-state index is -1.07. The first kappa shape index (κ1) is 13.9. The molecule has 18 heavy (non-hydrogen) atoms. The number of primary amides is 1. The lowest BCUT2D eigenvalue weighted by molar-refractivity contribution is -0.118. The van der Waals surface area contributed by atoms with Crippen LogP contribution in [0, 0.1) is 6.92 Å². The Morgan fingerprint density at radius 3 is 2.78 bits per heavy atom. The molecule has 1 amide bonds. The third-order valence-electron chi connectivity index (χ3n) is 2.28. The predicted octanol–water partition coefficient (Wildman–Crippen LogP) is 0.551. The highest BCUT2D eigenvalue weighted by Crippen LogP contribution is 2.11. The fourth-order valence-electron chi connectivity index (χ4n) is 1.39. The fraction of sp³-hybridized carbons (Fsp3) is 0.455. The quantitative estimate of drug-likeness (QED) is 0.610. The Hall–Kier alpha value is -2.18. The third kappa shape index (κ3) is 4.36. The van der Waals surface area contributed by atoms with E-state index < -0.39 is 5.97 Å². The number of nitrogens with one attached hydrogen (secondary N) is 1. The van der Waals surface area contributed by atoms with Gasteiger partial charge in [-0.25, -0.2) is 14.8 Å². The molecule has 0 spiro atoms. The van der Waals surface area contributed by atoms with Gasteiger partial charge in [0.2, 0.25) is 5.91 Å². The van der Waals surface area contributed by atoms with Crippen molar-refractivity contribution in [3.63, 3.8) is 0 Å². The summed E-state index contributed by atoms with van der Waals surface area (Å²) in [6.45, 7) is 2.22. The lowest BCUT2D eigenvalue weighted by Gasteiger charge is -2.08. The predicted molar refractivity (Wildman–Crippen MR) is 65.3 cm³/mol. The van der Waals surface area contributed by atoms with Crippen molar-refractivity contribution >= 4 is 17.7 Å². The third-order valence-corrected chi connectivity index (χ3v) is 2.28. The van der Waals surface area contributed by atoms with Gasteiger partial charge in [-0.15, -0.1) is 0 Å². The molecule has 0 fully saturated rings. The number of aromatic nitrogens is 2. The maximum absolute atomic E-state index is 10.9. The van der Waals surface area contributed by atoms with E-state index in [2.05, 4.69) is 15.3 Å². The van der Waals surface area contributed by atoms with E-state index in [1.54, 1.807) is 6.92 Å². The first-order valence-corrected chi connectivity index (χ1v) is 5.60. The van der Waals surface area contributed by atoms with Crippen molar-refractivity contribution in [1.82, 2.24) is 9.97 Å². The second-order valence-corrected chi connectivity index (χ2v) is 3.83. The van der Waals surface area contributed by atoms with E-state index in [0.29, 0.717) is 37.4 Å². The molecule has 0 unspecified atom stereocenters. The molecule has 0 saturated heterocycles. The molecule has 1 aromatic rings. The van der Waals surface area contributed by atoms with Gasteiger partial charge in [-0.2, -0.15) is 0 Å². The molecule has 0 aliphatic heterocycles. The zero-order valence-corrected chi connectivity index (χ0v) is 10.1. The summed E-state index contributed by atoms with van der Waals surface area (Å²) in [5.74, 6) is -0.609. The summed E-state index contributed by atoms with van der Waals surface area (Å²) >= 11 is 0. The van der Waals surface area contributed by atoms with Crippen molar-refractivity contribution in [3.8, 4) is 0 Å². The van der Waals surface area contributed by atoms with Gasteiger partial charge in [0.15, 0.2) is 0 Å². The van der Waals surface area contributed by atoms with Crippen molar-refractivity contribution < 1.29 is 14.7 Å². The molecular weight excluding hydrogens is 236 g/mol. The summed E-state index contributed by atoms with van der Waals surface area (Å²) in [6.07, 6.45) is 2.98. The van der Waals surface area contributed by atoms with Gasteiger partial charge < -0.3 is 16.2 Å². The number of rotatable bonds is 7. The molecule has 0 bridgehead atoms. The summed E-state index contributed by atoms with van der Waals surface area (Å²) in [7, 11) is 0. The molecule has 4 N–H and O–H groups in total. The Balaban J connectivity index is 2.53. The van der Waals surface area contributed by atoms with Gasteiger partial charge in [-0.05, 0) is 19.8 Å². The SMILES string of the molecule is Cc1ncc(C(=O)O)c(NCCCCC(N)=O)n1. The number of nitrogens with two attached hydrogens (primary N) is 1. The Bertz CT molecular complexity index is 448. The number of hydrogen-bond acceptors (Lipinski definition) is 5. The van der Waals surface area contributed by atoms with Crippen LogP contribution < -0.4 is 11.1 Å². The van der Waals surface area contributed by atoms with Crippen LogP contribution in [0.4, 0.5) is 5.82 Å². The number of amides is 1. The van der Waals surface area contributed by atoms with Crippen LogP contribution in [0.2, 0.25) is 0 Å². The molecule has 7 heteroatoms. The summed E-state index contributed by atoms with van der Waals surface area (Å²) in [5.41, 5.74) is 5.05. The smallest absolute Gasteiger partial charge is 0.341 e. The van der Waals surface area contributed by atoms with Gasteiger partial charge in [0.1, 0.15) is 17.2 Å². The van der Waals surface area contributed by atoms with Crippen LogP contribution in [0.5, 0.6) is 0 Å². The molecule has 0 aliphatic carbocycles. The van der Waals surface area contributed by atoms with Crippen LogP contribution >= 0.6 is 0 Å². The van der Waals surface area contributed by atoms with Crippen LogP contribution in [0.25, 0.3) is 0 Å². The van der Waals surface area contributed by atoms with E-state index in [1.165, 1.54) is 6.20 Å². The monoisotopic (exact) mass is 252 g/mol. The van der Waals surface area contributed by atoms with Gasteiger partial charge in [-0.1, -0.05) is 0 Å². The molecule has 7 nitrogen and oxygen atoms in total. The number of aromatic carboxylic acids is 1. The van der Waals surface area contributed by atoms with Crippen LogP contribution in [0.3, 0.4) is 0 Å². The number of carbonyl (C=O) groups is 2. The van der Waals surface area contributed by atoms with E-state index in [9.17, 15) is 9.59 Å². The minimum absolute atomic E-state index is 0.0375. The summed E-state index contributed by atoms with van der Waals surface area (Å²) < 4.78 is 0. The van der Waals surface area contributed by atoms with E-state index in [1.807, 2.05) is 0 Å². The lowest BCUT2D eigenvalue weighted by atomic mass is 10.2. The second kappa shape index (κ2) is 6.53.